The Balaban J connectivity index is 1.64. The highest BCUT2D eigenvalue weighted by atomic mass is 32.1. The van der Waals surface area contributed by atoms with Crippen molar-refractivity contribution >= 4 is 17.2 Å². The lowest BCUT2D eigenvalue weighted by atomic mass is 10.1. The van der Waals surface area contributed by atoms with E-state index in [9.17, 15) is 4.79 Å². The zero-order valence-electron chi connectivity index (χ0n) is 16.3. The number of thiazole rings is 1. The minimum atomic E-state index is 0.179. The van der Waals surface area contributed by atoms with E-state index < -0.39 is 0 Å². The molecule has 1 heterocycles. The fourth-order valence-corrected chi connectivity index (χ4v) is 5.39. The molecule has 146 valence electrons. The van der Waals surface area contributed by atoms with Crippen LogP contribution in [0.2, 0.25) is 0 Å². The highest BCUT2D eigenvalue weighted by Gasteiger charge is 2.17. The van der Waals surface area contributed by atoms with Crippen LogP contribution in [0.15, 0.2) is 10.4 Å². The van der Waals surface area contributed by atoms with Crippen LogP contribution in [0, 0.1) is 0 Å². The van der Waals surface area contributed by atoms with Crippen LogP contribution in [0.5, 0.6) is 0 Å². The molecule has 2 aliphatic rings. The summed E-state index contributed by atoms with van der Waals surface area (Å²) in [5.74, 6) is 0.179. The molecule has 0 unspecified atom stereocenters. The highest BCUT2D eigenvalue weighted by molar-refractivity contribution is 7.07. The Labute approximate surface area is 162 Å². The van der Waals surface area contributed by atoms with E-state index in [4.69, 9.17) is 4.99 Å². The lowest BCUT2D eigenvalue weighted by Crippen LogP contribution is -2.36. The molecule has 0 spiro atoms. The predicted octanol–water partition coefficient (Wildman–Crippen LogP) is 4.57. The van der Waals surface area contributed by atoms with Gasteiger partial charge in [-0.15, -0.1) is 11.3 Å². The molecule has 0 saturated heterocycles. The fraction of sp³-hybridized carbons (Fsp3) is 0.810. The van der Waals surface area contributed by atoms with Crippen LogP contribution < -0.4 is 10.1 Å². The standard InChI is InChI=1S/C21H35N3OS/c1-2-24-19(15-20(25)22-17-11-7-3-4-8-12-17)16-26-21(24)23-18-13-9-5-6-10-14-18/h16-18H,2-15H2,1H3,(H,22,25). The third kappa shape index (κ3) is 5.70. The van der Waals surface area contributed by atoms with Crippen molar-refractivity contribution < 1.29 is 4.79 Å². The average Bonchev–Trinajstić information content (AvgIpc) is 2.84. The number of hydrogen-bond donors (Lipinski definition) is 1. The number of nitrogens with zero attached hydrogens (tertiary/aromatic N) is 2. The van der Waals surface area contributed by atoms with Gasteiger partial charge in [0.2, 0.25) is 5.91 Å². The van der Waals surface area contributed by atoms with E-state index in [1.807, 2.05) is 0 Å². The maximum Gasteiger partial charge on any atom is 0.226 e. The Bertz CT molecular complexity index is 617. The summed E-state index contributed by atoms with van der Waals surface area (Å²) in [6, 6.07) is 0.857. The number of hydrogen-bond acceptors (Lipinski definition) is 3. The van der Waals surface area contributed by atoms with Gasteiger partial charge in [-0.1, -0.05) is 51.4 Å². The lowest BCUT2D eigenvalue weighted by Gasteiger charge is -2.16. The number of rotatable bonds is 5. The van der Waals surface area contributed by atoms with E-state index in [2.05, 4.69) is 22.2 Å². The number of aromatic nitrogens is 1. The number of carbonyl (C=O) groups is 1. The molecule has 0 atom stereocenters. The summed E-state index contributed by atoms with van der Waals surface area (Å²) >= 11 is 1.71. The lowest BCUT2D eigenvalue weighted by molar-refractivity contribution is -0.121. The van der Waals surface area contributed by atoms with Crippen molar-refractivity contribution in [1.82, 2.24) is 9.88 Å². The first-order valence-corrected chi connectivity index (χ1v) is 11.6. The molecule has 2 aliphatic carbocycles. The van der Waals surface area contributed by atoms with Gasteiger partial charge < -0.3 is 9.88 Å². The average molecular weight is 378 g/mol. The second-order valence-corrected chi connectivity index (χ2v) is 8.80. The van der Waals surface area contributed by atoms with Crippen molar-refractivity contribution in [2.75, 3.05) is 0 Å². The molecule has 0 bridgehead atoms. The van der Waals surface area contributed by atoms with Gasteiger partial charge in [0.05, 0.1) is 12.5 Å². The second kappa shape index (κ2) is 10.3. The summed E-state index contributed by atoms with van der Waals surface area (Å²) < 4.78 is 2.25. The molecule has 0 radical (unpaired) electrons. The SMILES string of the molecule is CCn1c(CC(=O)NC2CCCCCC2)csc1=NC1CCCCCC1. The van der Waals surface area contributed by atoms with Crippen LogP contribution in [0.4, 0.5) is 0 Å². The van der Waals surface area contributed by atoms with Crippen molar-refractivity contribution in [2.45, 2.75) is 109 Å². The molecule has 1 aromatic heterocycles. The zero-order chi connectivity index (χ0) is 18.2. The van der Waals surface area contributed by atoms with Gasteiger partial charge in [0.1, 0.15) is 0 Å². The summed E-state index contributed by atoms with van der Waals surface area (Å²) in [4.78, 5) is 18.7. The molecular formula is C21H35N3OS. The van der Waals surface area contributed by atoms with Crippen molar-refractivity contribution in [3.05, 3.63) is 15.9 Å². The molecule has 1 N–H and O–H groups in total. The van der Waals surface area contributed by atoms with Crippen molar-refractivity contribution in [1.29, 1.82) is 0 Å². The first-order chi connectivity index (χ1) is 12.8. The van der Waals surface area contributed by atoms with E-state index in [0.717, 1.165) is 29.9 Å². The predicted molar refractivity (Wildman–Crippen MR) is 108 cm³/mol. The van der Waals surface area contributed by atoms with Gasteiger partial charge in [-0.05, 0) is 32.6 Å². The monoisotopic (exact) mass is 377 g/mol. The van der Waals surface area contributed by atoms with E-state index in [-0.39, 0.29) is 5.91 Å². The van der Waals surface area contributed by atoms with Gasteiger partial charge >= 0.3 is 0 Å². The smallest absolute Gasteiger partial charge is 0.226 e. The van der Waals surface area contributed by atoms with Crippen molar-refractivity contribution in [2.24, 2.45) is 4.99 Å². The third-order valence-corrected chi connectivity index (χ3v) is 6.80. The molecule has 3 rings (SSSR count). The number of carbonyl (C=O) groups excluding carboxylic acids is 1. The van der Waals surface area contributed by atoms with E-state index in [1.165, 1.54) is 64.2 Å². The summed E-state index contributed by atoms with van der Waals surface area (Å²) in [7, 11) is 0. The zero-order valence-corrected chi connectivity index (χ0v) is 17.2. The Morgan fingerprint density at radius 3 is 2.31 bits per heavy atom. The van der Waals surface area contributed by atoms with E-state index >= 15 is 0 Å². The molecule has 1 aromatic rings. The van der Waals surface area contributed by atoms with Gasteiger partial charge in [0.25, 0.3) is 0 Å². The van der Waals surface area contributed by atoms with E-state index in [0.29, 0.717) is 18.5 Å². The molecule has 2 fully saturated rings. The maximum absolute atomic E-state index is 12.6. The topological polar surface area (TPSA) is 46.4 Å². The van der Waals surface area contributed by atoms with Gasteiger partial charge in [-0.25, -0.2) is 0 Å². The number of amides is 1. The highest BCUT2D eigenvalue weighted by Crippen LogP contribution is 2.20. The molecule has 5 heteroatoms. The molecule has 2 saturated carbocycles. The van der Waals surface area contributed by atoms with Gasteiger partial charge in [-0.2, -0.15) is 0 Å². The molecule has 0 aromatic carbocycles. The quantitative estimate of drug-likeness (QED) is 0.750. The largest absolute Gasteiger partial charge is 0.353 e. The van der Waals surface area contributed by atoms with Crippen molar-refractivity contribution in [3.8, 4) is 0 Å². The van der Waals surface area contributed by atoms with Crippen molar-refractivity contribution in [3.63, 3.8) is 0 Å². The molecule has 0 aliphatic heterocycles. The minimum absolute atomic E-state index is 0.179. The van der Waals surface area contributed by atoms with Crippen LogP contribution >= 0.6 is 11.3 Å². The Morgan fingerprint density at radius 1 is 1.08 bits per heavy atom. The summed E-state index contributed by atoms with van der Waals surface area (Å²) in [5.41, 5.74) is 1.12. The molecule has 26 heavy (non-hydrogen) atoms. The molecule has 1 amide bonds. The fourth-order valence-electron chi connectivity index (χ4n) is 4.36. The summed E-state index contributed by atoms with van der Waals surface area (Å²) in [5, 5.41) is 5.42. The van der Waals surface area contributed by atoms with Gasteiger partial charge in [-0.3, -0.25) is 9.79 Å². The van der Waals surface area contributed by atoms with Crippen LogP contribution in [0.25, 0.3) is 0 Å². The summed E-state index contributed by atoms with van der Waals surface area (Å²) in [6.45, 7) is 3.05. The Morgan fingerprint density at radius 2 is 1.69 bits per heavy atom. The minimum Gasteiger partial charge on any atom is -0.353 e. The van der Waals surface area contributed by atoms with Crippen LogP contribution in [0.1, 0.15) is 89.7 Å². The van der Waals surface area contributed by atoms with Crippen LogP contribution in [-0.2, 0) is 17.8 Å². The summed E-state index contributed by atoms with van der Waals surface area (Å²) in [6.07, 6.45) is 15.7. The van der Waals surface area contributed by atoms with Gasteiger partial charge in [0.15, 0.2) is 4.80 Å². The van der Waals surface area contributed by atoms with Gasteiger partial charge in [0, 0.05) is 23.7 Å². The Hall–Kier alpha value is -1.10. The maximum atomic E-state index is 12.6. The Kier molecular flexibility index (Phi) is 7.78. The first-order valence-electron chi connectivity index (χ1n) is 10.8. The third-order valence-electron chi connectivity index (χ3n) is 5.87. The van der Waals surface area contributed by atoms with Crippen LogP contribution in [-0.4, -0.2) is 22.6 Å². The normalized spacial score (nSPS) is 21.3. The first kappa shape index (κ1) is 19.7. The van der Waals surface area contributed by atoms with E-state index in [1.54, 1.807) is 11.3 Å². The van der Waals surface area contributed by atoms with Crippen LogP contribution in [0.3, 0.4) is 0 Å². The molecule has 4 nitrogen and oxygen atoms in total. The molecular weight excluding hydrogens is 342 g/mol. The second-order valence-electron chi connectivity index (χ2n) is 7.96. The number of nitrogens with one attached hydrogen (secondary N) is 1.